The molecule has 1 aliphatic rings. The summed E-state index contributed by atoms with van der Waals surface area (Å²) in [5.74, 6) is -1.50. The van der Waals surface area contributed by atoms with E-state index in [0.29, 0.717) is 10.7 Å². The maximum Gasteiger partial charge on any atom is 0.417 e. The molecule has 2 aromatic rings. The molecule has 0 unspecified atom stereocenters. The smallest absolute Gasteiger partial charge is 0.298 e. The molecule has 4 nitrogen and oxygen atoms in total. The van der Waals surface area contributed by atoms with Gasteiger partial charge in [0.2, 0.25) is 0 Å². The highest BCUT2D eigenvalue weighted by Gasteiger charge is 2.35. The van der Waals surface area contributed by atoms with Crippen molar-refractivity contribution in [2.75, 3.05) is 4.90 Å². The van der Waals surface area contributed by atoms with Crippen LogP contribution >= 0.6 is 35.4 Å². The summed E-state index contributed by atoms with van der Waals surface area (Å²) in [6.45, 7) is 0. The number of nitrogens with zero attached hydrogens (tertiary/aromatic N) is 1. The third kappa shape index (κ3) is 4.04. The monoisotopic (exact) mass is 444 g/mol. The number of rotatable bonds is 2. The lowest BCUT2D eigenvalue weighted by Crippen LogP contribution is -2.54. The van der Waals surface area contributed by atoms with Crippen molar-refractivity contribution in [1.82, 2.24) is 5.32 Å². The topological polar surface area (TPSA) is 49.4 Å². The lowest BCUT2D eigenvalue weighted by Gasteiger charge is -2.29. The number of alkyl halides is 3. The minimum Gasteiger partial charge on any atom is -0.298 e. The van der Waals surface area contributed by atoms with Crippen LogP contribution in [0.25, 0.3) is 6.08 Å². The molecule has 1 saturated heterocycles. The largest absolute Gasteiger partial charge is 0.417 e. The van der Waals surface area contributed by atoms with Gasteiger partial charge in [-0.05, 0) is 60.3 Å². The number of hydrogen-bond donors (Lipinski definition) is 1. The summed E-state index contributed by atoms with van der Waals surface area (Å²) in [6.07, 6.45) is -3.47. The van der Waals surface area contributed by atoms with E-state index in [1.807, 2.05) is 0 Å². The molecule has 28 heavy (non-hydrogen) atoms. The summed E-state index contributed by atoms with van der Waals surface area (Å²) < 4.78 is 38.5. The Kier molecular flexibility index (Phi) is 5.47. The molecule has 0 atom stereocenters. The fourth-order valence-electron chi connectivity index (χ4n) is 2.50. The summed E-state index contributed by atoms with van der Waals surface area (Å²) in [6, 6.07) is 9.08. The maximum absolute atomic E-state index is 12.8. The lowest BCUT2D eigenvalue weighted by atomic mass is 10.1. The highest BCUT2D eigenvalue weighted by atomic mass is 35.5. The molecule has 1 aliphatic heterocycles. The first-order valence-corrected chi connectivity index (χ1v) is 8.78. The summed E-state index contributed by atoms with van der Waals surface area (Å²) in [5.41, 5.74) is -0.796. The first-order valence-electron chi connectivity index (χ1n) is 7.61. The molecule has 1 N–H and O–H groups in total. The van der Waals surface area contributed by atoms with Crippen molar-refractivity contribution < 1.29 is 22.8 Å². The van der Waals surface area contributed by atoms with Crippen molar-refractivity contribution >= 4 is 64.1 Å². The van der Waals surface area contributed by atoms with Crippen molar-refractivity contribution in [3.8, 4) is 0 Å². The van der Waals surface area contributed by atoms with Crippen LogP contribution in [0.3, 0.4) is 0 Å². The van der Waals surface area contributed by atoms with Crippen LogP contribution in [0.15, 0.2) is 48.0 Å². The van der Waals surface area contributed by atoms with Gasteiger partial charge in [-0.15, -0.1) is 0 Å². The van der Waals surface area contributed by atoms with E-state index in [1.165, 1.54) is 12.1 Å². The van der Waals surface area contributed by atoms with Gasteiger partial charge in [0.25, 0.3) is 11.8 Å². The van der Waals surface area contributed by atoms with Crippen molar-refractivity contribution in [3.05, 3.63) is 69.2 Å². The fourth-order valence-corrected chi connectivity index (χ4v) is 3.20. The molecule has 0 saturated carbocycles. The molecule has 1 fully saturated rings. The molecular formula is C18H9Cl2F3N2O2S. The van der Waals surface area contributed by atoms with E-state index < -0.39 is 28.6 Å². The molecule has 0 aromatic heterocycles. The Morgan fingerprint density at radius 2 is 1.68 bits per heavy atom. The van der Waals surface area contributed by atoms with Gasteiger partial charge in [0.1, 0.15) is 5.57 Å². The van der Waals surface area contributed by atoms with E-state index >= 15 is 0 Å². The maximum atomic E-state index is 12.8. The third-order valence-corrected chi connectivity index (χ3v) is 4.65. The van der Waals surface area contributed by atoms with Crippen molar-refractivity contribution in [3.63, 3.8) is 0 Å². The SMILES string of the molecule is O=C1NC(=S)N(c2ccc(Cl)cc2)C(=O)C1=Cc1ccc(C(F)(F)F)c(Cl)c1. The number of carbonyl (C=O) groups is 2. The van der Waals surface area contributed by atoms with Gasteiger partial charge < -0.3 is 0 Å². The van der Waals surface area contributed by atoms with E-state index in [1.54, 1.807) is 12.1 Å². The van der Waals surface area contributed by atoms with Crippen LogP contribution in [0, 0.1) is 0 Å². The second-order valence-corrected chi connectivity index (χ2v) is 6.90. The summed E-state index contributed by atoms with van der Waals surface area (Å²) in [5, 5.41) is 2.15. The first kappa shape index (κ1) is 20.3. The van der Waals surface area contributed by atoms with Crippen LogP contribution in [-0.4, -0.2) is 16.9 Å². The van der Waals surface area contributed by atoms with Crippen molar-refractivity contribution in [1.29, 1.82) is 0 Å². The standard InChI is InChI=1S/C18H9Cl2F3N2O2S/c19-10-2-4-11(5-3-10)25-16(27)12(15(26)24-17(25)28)7-9-1-6-13(14(20)8-9)18(21,22)23/h1-8H,(H,24,26,28). The minimum atomic E-state index is -4.61. The van der Waals surface area contributed by atoms with Crippen LogP contribution < -0.4 is 10.2 Å². The quantitative estimate of drug-likeness (QED) is 0.409. The fraction of sp³-hybridized carbons (Fsp3) is 0.0556. The molecular weight excluding hydrogens is 436 g/mol. The van der Waals surface area contributed by atoms with Gasteiger partial charge in [-0.1, -0.05) is 29.3 Å². The van der Waals surface area contributed by atoms with Crippen LogP contribution in [0.1, 0.15) is 11.1 Å². The van der Waals surface area contributed by atoms with Gasteiger partial charge in [0.15, 0.2) is 5.11 Å². The molecule has 144 valence electrons. The number of amides is 2. The Labute approximate surface area is 172 Å². The average Bonchev–Trinajstić information content (AvgIpc) is 2.59. The van der Waals surface area contributed by atoms with E-state index in [-0.39, 0.29) is 16.2 Å². The van der Waals surface area contributed by atoms with E-state index in [9.17, 15) is 22.8 Å². The summed E-state index contributed by atoms with van der Waals surface area (Å²) >= 11 is 16.6. The molecule has 2 aromatic carbocycles. The van der Waals surface area contributed by atoms with Crippen LogP contribution in [0.2, 0.25) is 10.0 Å². The molecule has 0 spiro atoms. The molecule has 2 amide bonds. The number of anilines is 1. The van der Waals surface area contributed by atoms with Crippen LogP contribution in [0.4, 0.5) is 18.9 Å². The van der Waals surface area contributed by atoms with Gasteiger partial charge in [-0.2, -0.15) is 13.2 Å². The van der Waals surface area contributed by atoms with Gasteiger partial charge in [0.05, 0.1) is 16.3 Å². The predicted molar refractivity (Wildman–Crippen MR) is 104 cm³/mol. The highest BCUT2D eigenvalue weighted by Crippen LogP contribution is 2.35. The Bertz CT molecular complexity index is 1020. The highest BCUT2D eigenvalue weighted by molar-refractivity contribution is 7.80. The number of thiocarbonyl (C=S) groups is 1. The average molecular weight is 445 g/mol. The van der Waals surface area contributed by atoms with Gasteiger partial charge >= 0.3 is 6.18 Å². The Balaban J connectivity index is 1.99. The Morgan fingerprint density at radius 1 is 1.04 bits per heavy atom. The van der Waals surface area contributed by atoms with Crippen LogP contribution in [0.5, 0.6) is 0 Å². The molecule has 0 aliphatic carbocycles. The van der Waals surface area contributed by atoms with Crippen molar-refractivity contribution in [2.24, 2.45) is 0 Å². The predicted octanol–water partition coefficient (Wildman–Crippen LogP) is 4.84. The van der Waals surface area contributed by atoms with Gasteiger partial charge in [-0.25, -0.2) is 0 Å². The molecule has 10 heteroatoms. The molecule has 3 rings (SSSR count). The summed E-state index contributed by atoms with van der Waals surface area (Å²) in [4.78, 5) is 26.1. The number of carbonyl (C=O) groups excluding carboxylic acids is 2. The zero-order valence-corrected chi connectivity index (χ0v) is 16.0. The van der Waals surface area contributed by atoms with Gasteiger partial charge in [-0.3, -0.25) is 19.8 Å². The third-order valence-electron chi connectivity index (χ3n) is 3.80. The molecule has 0 bridgehead atoms. The number of halogens is 5. The minimum absolute atomic E-state index is 0.125. The second kappa shape index (κ2) is 7.54. The molecule has 0 radical (unpaired) electrons. The van der Waals surface area contributed by atoms with E-state index in [0.717, 1.165) is 29.2 Å². The number of nitrogens with one attached hydrogen (secondary N) is 1. The zero-order chi connectivity index (χ0) is 20.6. The van der Waals surface area contributed by atoms with Gasteiger partial charge in [0, 0.05) is 5.02 Å². The van der Waals surface area contributed by atoms with Crippen molar-refractivity contribution in [2.45, 2.75) is 6.18 Å². The Hall–Kier alpha value is -2.42. The van der Waals surface area contributed by atoms with Crippen LogP contribution in [-0.2, 0) is 15.8 Å². The molecule has 1 heterocycles. The normalized spacial score (nSPS) is 16.5. The zero-order valence-electron chi connectivity index (χ0n) is 13.7. The Morgan fingerprint density at radius 3 is 2.25 bits per heavy atom. The number of benzene rings is 2. The first-order chi connectivity index (χ1) is 13.1. The second-order valence-electron chi connectivity index (χ2n) is 5.67. The summed E-state index contributed by atoms with van der Waals surface area (Å²) in [7, 11) is 0. The number of hydrogen-bond acceptors (Lipinski definition) is 3. The van der Waals surface area contributed by atoms with E-state index in [2.05, 4.69) is 5.32 Å². The van der Waals surface area contributed by atoms with E-state index in [4.69, 9.17) is 35.4 Å². The lowest BCUT2D eigenvalue weighted by molar-refractivity contribution is -0.137.